The van der Waals surface area contributed by atoms with E-state index in [1.54, 1.807) is 6.92 Å². The number of rotatable bonds is 9. The SMILES string of the molecule is C[C@@H](C(=O)NC1CCCCC1)N(Cc1ccc(Br)cc1)C(=O)CN(c1cc(Cl)ccc1Cl)S(C)(=O)=O. The molecule has 1 aliphatic rings. The maximum absolute atomic E-state index is 13.6. The van der Waals surface area contributed by atoms with Gasteiger partial charge in [0.2, 0.25) is 21.8 Å². The molecule has 1 saturated carbocycles. The highest BCUT2D eigenvalue weighted by atomic mass is 79.9. The van der Waals surface area contributed by atoms with E-state index in [4.69, 9.17) is 23.2 Å². The summed E-state index contributed by atoms with van der Waals surface area (Å²) in [6, 6.07) is 11.1. The number of benzene rings is 2. The number of anilines is 1. The molecule has 0 aliphatic heterocycles. The molecule has 0 saturated heterocycles. The van der Waals surface area contributed by atoms with Crippen LogP contribution in [0.1, 0.15) is 44.6 Å². The molecule has 11 heteroatoms. The second-order valence-corrected chi connectivity index (χ2v) is 12.7. The molecule has 2 amide bonds. The molecule has 1 fully saturated rings. The van der Waals surface area contributed by atoms with Crippen LogP contribution in [-0.4, -0.2) is 50.0 Å². The van der Waals surface area contributed by atoms with E-state index in [-0.39, 0.29) is 34.2 Å². The zero-order valence-electron chi connectivity index (χ0n) is 20.2. The number of hydrogen-bond acceptors (Lipinski definition) is 4. The van der Waals surface area contributed by atoms with Gasteiger partial charge in [0.05, 0.1) is 17.0 Å². The Kier molecular flexibility index (Phi) is 10.1. The molecule has 0 aromatic heterocycles. The third kappa shape index (κ3) is 7.84. The number of nitrogens with zero attached hydrogens (tertiary/aromatic N) is 2. The zero-order chi connectivity index (χ0) is 26.5. The van der Waals surface area contributed by atoms with Gasteiger partial charge in [0.15, 0.2) is 0 Å². The minimum atomic E-state index is -3.90. The van der Waals surface area contributed by atoms with Crippen LogP contribution < -0.4 is 9.62 Å². The van der Waals surface area contributed by atoms with Gasteiger partial charge in [-0.15, -0.1) is 0 Å². The standard InChI is InChI=1S/C25H30BrCl2N3O4S/c1-17(25(33)29-21-6-4-3-5-7-21)30(15-18-8-10-19(26)11-9-18)24(32)16-31(36(2,34)35)23-14-20(27)12-13-22(23)28/h8-14,17,21H,3-7,15-16H2,1-2H3,(H,29,33)/t17-/m0/s1. The summed E-state index contributed by atoms with van der Waals surface area (Å²) in [6.45, 7) is 1.26. The van der Waals surface area contributed by atoms with Gasteiger partial charge in [-0.1, -0.05) is 70.5 Å². The summed E-state index contributed by atoms with van der Waals surface area (Å²) in [4.78, 5) is 28.2. The highest BCUT2D eigenvalue weighted by Crippen LogP contribution is 2.31. The van der Waals surface area contributed by atoms with E-state index < -0.39 is 28.5 Å². The van der Waals surface area contributed by atoms with E-state index in [0.29, 0.717) is 0 Å². The zero-order valence-corrected chi connectivity index (χ0v) is 24.1. The van der Waals surface area contributed by atoms with Crippen molar-refractivity contribution in [2.75, 3.05) is 17.1 Å². The van der Waals surface area contributed by atoms with Crippen LogP contribution in [0.15, 0.2) is 46.9 Å². The van der Waals surface area contributed by atoms with E-state index in [0.717, 1.165) is 52.7 Å². The number of hydrogen-bond donors (Lipinski definition) is 1. The van der Waals surface area contributed by atoms with Crippen LogP contribution in [0, 0.1) is 0 Å². The number of nitrogens with one attached hydrogen (secondary N) is 1. The van der Waals surface area contributed by atoms with E-state index in [2.05, 4.69) is 21.2 Å². The minimum Gasteiger partial charge on any atom is -0.352 e. The minimum absolute atomic E-state index is 0.0797. The van der Waals surface area contributed by atoms with Gasteiger partial charge in [-0.2, -0.15) is 0 Å². The summed E-state index contributed by atoms with van der Waals surface area (Å²) in [5.74, 6) is -0.801. The summed E-state index contributed by atoms with van der Waals surface area (Å²) in [5.41, 5.74) is 0.901. The summed E-state index contributed by atoms with van der Waals surface area (Å²) >= 11 is 15.8. The predicted molar refractivity (Wildman–Crippen MR) is 148 cm³/mol. The van der Waals surface area contributed by atoms with Crippen molar-refractivity contribution in [1.29, 1.82) is 0 Å². The van der Waals surface area contributed by atoms with E-state index >= 15 is 0 Å². The summed E-state index contributed by atoms with van der Waals surface area (Å²) in [5, 5.41) is 3.49. The second kappa shape index (κ2) is 12.6. The van der Waals surface area contributed by atoms with Gasteiger partial charge in [0, 0.05) is 22.1 Å². The van der Waals surface area contributed by atoms with Crippen LogP contribution in [0.2, 0.25) is 10.0 Å². The lowest BCUT2D eigenvalue weighted by molar-refractivity contribution is -0.139. The van der Waals surface area contributed by atoms with Crippen molar-refractivity contribution in [3.05, 3.63) is 62.5 Å². The fourth-order valence-electron chi connectivity index (χ4n) is 4.21. The lowest BCUT2D eigenvalue weighted by Gasteiger charge is -2.33. The maximum Gasteiger partial charge on any atom is 0.244 e. The van der Waals surface area contributed by atoms with Crippen molar-refractivity contribution in [2.24, 2.45) is 0 Å². The molecule has 36 heavy (non-hydrogen) atoms. The first kappa shape index (κ1) is 28.8. The average molecular weight is 619 g/mol. The largest absolute Gasteiger partial charge is 0.352 e. The Morgan fingerprint density at radius 1 is 1.08 bits per heavy atom. The summed E-state index contributed by atoms with van der Waals surface area (Å²) < 4.78 is 27.2. The monoisotopic (exact) mass is 617 g/mol. The smallest absolute Gasteiger partial charge is 0.244 e. The normalized spacial score (nSPS) is 15.2. The highest BCUT2D eigenvalue weighted by molar-refractivity contribution is 9.10. The molecular formula is C25H30BrCl2N3O4S. The number of sulfonamides is 1. The molecular weight excluding hydrogens is 589 g/mol. The van der Waals surface area contributed by atoms with Crippen molar-refractivity contribution in [3.8, 4) is 0 Å². The topological polar surface area (TPSA) is 86.8 Å². The third-order valence-electron chi connectivity index (χ3n) is 6.24. The molecule has 3 rings (SSSR count). The van der Waals surface area contributed by atoms with Gasteiger partial charge in [-0.25, -0.2) is 8.42 Å². The Labute approximate surface area is 231 Å². The third-order valence-corrected chi connectivity index (χ3v) is 8.45. The quantitative estimate of drug-likeness (QED) is 0.408. The second-order valence-electron chi connectivity index (χ2n) is 9.03. The molecule has 7 nitrogen and oxygen atoms in total. The Morgan fingerprint density at radius 2 is 1.72 bits per heavy atom. The molecule has 0 unspecified atom stereocenters. The fraction of sp³-hybridized carbons (Fsp3) is 0.440. The lowest BCUT2D eigenvalue weighted by Crippen LogP contribution is -2.53. The van der Waals surface area contributed by atoms with Crippen LogP contribution >= 0.6 is 39.1 Å². The Balaban J connectivity index is 1.89. The number of amides is 2. The van der Waals surface area contributed by atoms with Gasteiger partial charge in [-0.3, -0.25) is 13.9 Å². The Hall–Kier alpha value is -1.81. The number of carbonyl (C=O) groups excluding carboxylic acids is 2. The molecule has 0 heterocycles. The van der Waals surface area contributed by atoms with Crippen LogP contribution in [0.25, 0.3) is 0 Å². The van der Waals surface area contributed by atoms with Crippen LogP contribution in [-0.2, 0) is 26.2 Å². The van der Waals surface area contributed by atoms with Crippen molar-refractivity contribution in [3.63, 3.8) is 0 Å². The van der Waals surface area contributed by atoms with Gasteiger partial charge < -0.3 is 10.2 Å². The first-order valence-electron chi connectivity index (χ1n) is 11.7. The Bertz CT molecular complexity index is 1190. The predicted octanol–water partition coefficient (Wildman–Crippen LogP) is 5.39. The molecule has 196 valence electrons. The first-order valence-corrected chi connectivity index (χ1v) is 15.1. The van der Waals surface area contributed by atoms with E-state index in [1.807, 2.05) is 24.3 Å². The molecule has 1 aliphatic carbocycles. The Morgan fingerprint density at radius 3 is 2.33 bits per heavy atom. The van der Waals surface area contributed by atoms with Crippen molar-refractivity contribution in [1.82, 2.24) is 10.2 Å². The van der Waals surface area contributed by atoms with Gasteiger partial charge in [0.1, 0.15) is 12.6 Å². The maximum atomic E-state index is 13.6. The summed E-state index contributed by atoms with van der Waals surface area (Å²) in [7, 11) is -3.90. The molecule has 0 radical (unpaired) electrons. The molecule has 0 spiro atoms. The molecule has 1 atom stereocenters. The number of carbonyl (C=O) groups is 2. The molecule has 2 aromatic carbocycles. The molecule has 1 N–H and O–H groups in total. The fourth-order valence-corrected chi connectivity index (χ4v) is 5.76. The summed E-state index contributed by atoms with van der Waals surface area (Å²) in [6.07, 6.45) is 6.09. The van der Waals surface area contributed by atoms with Gasteiger partial charge in [0.25, 0.3) is 0 Å². The highest BCUT2D eigenvalue weighted by Gasteiger charge is 2.31. The van der Waals surface area contributed by atoms with Crippen molar-refractivity contribution in [2.45, 2.75) is 57.7 Å². The van der Waals surface area contributed by atoms with Crippen molar-refractivity contribution < 1.29 is 18.0 Å². The lowest BCUT2D eigenvalue weighted by atomic mass is 9.95. The molecule has 0 bridgehead atoms. The van der Waals surface area contributed by atoms with Gasteiger partial charge >= 0.3 is 0 Å². The van der Waals surface area contributed by atoms with E-state index in [9.17, 15) is 18.0 Å². The van der Waals surface area contributed by atoms with E-state index in [1.165, 1.54) is 23.1 Å². The molecule has 2 aromatic rings. The first-order chi connectivity index (χ1) is 17.0. The van der Waals surface area contributed by atoms with Crippen LogP contribution in [0.4, 0.5) is 5.69 Å². The number of halogens is 3. The van der Waals surface area contributed by atoms with Gasteiger partial charge in [-0.05, 0) is 55.7 Å². The van der Waals surface area contributed by atoms with Crippen molar-refractivity contribution >= 4 is 66.7 Å². The average Bonchev–Trinajstić information content (AvgIpc) is 2.83. The van der Waals surface area contributed by atoms with Crippen LogP contribution in [0.5, 0.6) is 0 Å². The van der Waals surface area contributed by atoms with Crippen LogP contribution in [0.3, 0.4) is 0 Å².